The van der Waals surface area contributed by atoms with Gasteiger partial charge in [0.15, 0.2) is 0 Å². The molecule has 0 radical (unpaired) electrons. The van der Waals surface area contributed by atoms with Crippen molar-refractivity contribution in [3.05, 3.63) is 89.5 Å². The van der Waals surface area contributed by atoms with Crippen LogP contribution in [-0.2, 0) is 19.3 Å². The van der Waals surface area contributed by atoms with Crippen LogP contribution in [0.2, 0.25) is 0 Å². The minimum atomic E-state index is 0.299. The van der Waals surface area contributed by atoms with Crippen LogP contribution < -0.4 is 0 Å². The van der Waals surface area contributed by atoms with E-state index >= 15 is 0 Å². The van der Waals surface area contributed by atoms with Gasteiger partial charge in [0, 0.05) is 0 Å². The summed E-state index contributed by atoms with van der Waals surface area (Å²) in [7, 11) is 0. The number of phenols is 3. The molecule has 3 aromatic rings. The van der Waals surface area contributed by atoms with E-state index in [1.807, 2.05) is 36.4 Å². The summed E-state index contributed by atoms with van der Waals surface area (Å²) in [6, 6.07) is 21.8. The van der Waals surface area contributed by atoms with Crippen LogP contribution >= 0.6 is 0 Å². The lowest BCUT2D eigenvalue weighted by Gasteiger charge is -2.02. The summed E-state index contributed by atoms with van der Waals surface area (Å²) in [5, 5.41) is 27.1. The number of hydrogen-bond acceptors (Lipinski definition) is 3. The maximum atomic E-state index is 9.14. The number of rotatable bonds is 4. The highest BCUT2D eigenvalue weighted by atomic mass is 16.3. The highest BCUT2D eigenvalue weighted by molar-refractivity contribution is 5.29. The Morgan fingerprint density at radius 3 is 1.04 bits per heavy atom. The lowest BCUT2D eigenvalue weighted by molar-refractivity contribution is 0.474. The summed E-state index contributed by atoms with van der Waals surface area (Å²) in [6.45, 7) is 2.09. The van der Waals surface area contributed by atoms with Crippen molar-refractivity contribution in [3.8, 4) is 17.2 Å². The minimum absolute atomic E-state index is 0.299. The standard InChI is InChI=1S/C14H14O2.C8H10O/c15-13-7-3-11(4-8-13)1-2-12-5-9-14(16)10-6-12;1-2-7-3-5-8(9)6-4-7/h3-10,15-16H,1-2H2;3-6,9H,2H2,1H3. The van der Waals surface area contributed by atoms with Crippen LogP contribution in [-0.4, -0.2) is 15.3 Å². The molecule has 3 rings (SSSR count). The van der Waals surface area contributed by atoms with Gasteiger partial charge >= 0.3 is 0 Å². The summed E-state index contributed by atoms with van der Waals surface area (Å²) < 4.78 is 0. The van der Waals surface area contributed by atoms with Gasteiger partial charge in [0.2, 0.25) is 0 Å². The highest BCUT2D eigenvalue weighted by Crippen LogP contribution is 2.14. The third-order valence-electron chi connectivity index (χ3n) is 3.92. The Hall–Kier alpha value is -2.94. The maximum absolute atomic E-state index is 9.14. The van der Waals surface area contributed by atoms with Crippen molar-refractivity contribution >= 4 is 0 Å². The molecule has 3 aromatic carbocycles. The van der Waals surface area contributed by atoms with Crippen LogP contribution in [0, 0.1) is 0 Å². The summed E-state index contributed by atoms with van der Waals surface area (Å²) in [6.07, 6.45) is 2.90. The van der Waals surface area contributed by atoms with Gasteiger partial charge in [-0.05, 0) is 72.4 Å². The molecule has 3 nitrogen and oxygen atoms in total. The second kappa shape index (κ2) is 9.38. The predicted octanol–water partition coefficient (Wildman–Crippen LogP) is 4.84. The van der Waals surface area contributed by atoms with Crippen LogP contribution in [0.25, 0.3) is 0 Å². The molecule has 3 N–H and O–H groups in total. The zero-order valence-electron chi connectivity index (χ0n) is 14.4. The van der Waals surface area contributed by atoms with E-state index in [9.17, 15) is 0 Å². The summed E-state index contributed by atoms with van der Waals surface area (Å²) >= 11 is 0. The molecule has 0 atom stereocenters. The Kier molecular flexibility index (Phi) is 6.90. The van der Waals surface area contributed by atoms with Crippen LogP contribution in [0.3, 0.4) is 0 Å². The molecule has 0 aliphatic carbocycles. The lowest BCUT2D eigenvalue weighted by atomic mass is 10.0. The van der Waals surface area contributed by atoms with Gasteiger partial charge in [0.05, 0.1) is 0 Å². The molecule has 0 saturated carbocycles. The van der Waals surface area contributed by atoms with E-state index in [2.05, 4.69) is 6.92 Å². The Morgan fingerprint density at radius 2 is 0.760 bits per heavy atom. The monoisotopic (exact) mass is 336 g/mol. The molecule has 25 heavy (non-hydrogen) atoms. The lowest BCUT2D eigenvalue weighted by Crippen LogP contribution is -1.90. The van der Waals surface area contributed by atoms with E-state index in [0.717, 1.165) is 19.3 Å². The number of aromatic hydroxyl groups is 3. The second-order valence-electron chi connectivity index (χ2n) is 5.85. The van der Waals surface area contributed by atoms with Crippen molar-refractivity contribution in [2.24, 2.45) is 0 Å². The number of benzene rings is 3. The van der Waals surface area contributed by atoms with Gasteiger partial charge in [-0.3, -0.25) is 0 Å². The van der Waals surface area contributed by atoms with Gasteiger partial charge in [0.1, 0.15) is 17.2 Å². The molecule has 0 spiro atoms. The van der Waals surface area contributed by atoms with Gasteiger partial charge in [0.25, 0.3) is 0 Å². The first kappa shape index (κ1) is 18.4. The van der Waals surface area contributed by atoms with Crippen LogP contribution in [0.4, 0.5) is 0 Å². The fourth-order valence-corrected chi connectivity index (χ4v) is 2.35. The summed E-state index contributed by atoms with van der Waals surface area (Å²) in [4.78, 5) is 0. The van der Waals surface area contributed by atoms with Crippen molar-refractivity contribution in [3.63, 3.8) is 0 Å². The van der Waals surface area contributed by atoms with Gasteiger partial charge in [-0.2, -0.15) is 0 Å². The number of hydrogen-bond donors (Lipinski definition) is 3. The quantitative estimate of drug-likeness (QED) is 0.639. The number of aryl methyl sites for hydroxylation is 3. The van der Waals surface area contributed by atoms with E-state index in [0.29, 0.717) is 17.2 Å². The first-order chi connectivity index (χ1) is 12.1. The molecule has 0 saturated heterocycles. The first-order valence-corrected chi connectivity index (χ1v) is 8.40. The Bertz CT molecular complexity index is 699. The van der Waals surface area contributed by atoms with Crippen LogP contribution in [0.5, 0.6) is 17.2 Å². The van der Waals surface area contributed by atoms with Crippen LogP contribution in [0.15, 0.2) is 72.8 Å². The second-order valence-corrected chi connectivity index (χ2v) is 5.85. The summed E-state index contributed by atoms with van der Waals surface area (Å²) in [5.41, 5.74) is 3.66. The van der Waals surface area contributed by atoms with Gasteiger partial charge in [-0.1, -0.05) is 43.3 Å². The highest BCUT2D eigenvalue weighted by Gasteiger charge is 1.96. The predicted molar refractivity (Wildman–Crippen MR) is 101 cm³/mol. The Labute approximate surface area is 148 Å². The third kappa shape index (κ3) is 6.60. The molecule has 0 aliphatic heterocycles. The van der Waals surface area contributed by atoms with E-state index in [4.69, 9.17) is 15.3 Å². The first-order valence-electron chi connectivity index (χ1n) is 8.40. The largest absolute Gasteiger partial charge is 0.508 e. The van der Waals surface area contributed by atoms with E-state index < -0.39 is 0 Å². The smallest absolute Gasteiger partial charge is 0.115 e. The van der Waals surface area contributed by atoms with E-state index in [-0.39, 0.29) is 0 Å². The molecule has 0 amide bonds. The van der Waals surface area contributed by atoms with Gasteiger partial charge in [-0.25, -0.2) is 0 Å². The molecule has 0 heterocycles. The topological polar surface area (TPSA) is 60.7 Å². The zero-order chi connectivity index (χ0) is 18.1. The zero-order valence-corrected chi connectivity index (χ0v) is 14.4. The average Bonchev–Trinajstić information content (AvgIpc) is 2.64. The van der Waals surface area contributed by atoms with E-state index in [1.54, 1.807) is 36.4 Å². The SMILES string of the molecule is CCc1ccc(O)cc1.Oc1ccc(CCc2ccc(O)cc2)cc1. The molecular weight excluding hydrogens is 312 g/mol. The molecule has 0 aliphatic rings. The molecule has 0 bridgehead atoms. The third-order valence-corrected chi connectivity index (χ3v) is 3.92. The van der Waals surface area contributed by atoms with Crippen molar-refractivity contribution in [1.29, 1.82) is 0 Å². The van der Waals surface area contributed by atoms with Gasteiger partial charge in [-0.15, -0.1) is 0 Å². The minimum Gasteiger partial charge on any atom is -0.508 e. The summed E-state index contributed by atoms with van der Waals surface area (Å²) in [5.74, 6) is 0.939. The molecule has 130 valence electrons. The molecular formula is C22H24O3. The fraction of sp³-hybridized carbons (Fsp3) is 0.182. The molecule has 3 heteroatoms. The van der Waals surface area contributed by atoms with Crippen molar-refractivity contribution in [2.75, 3.05) is 0 Å². The van der Waals surface area contributed by atoms with Crippen LogP contribution in [0.1, 0.15) is 23.6 Å². The van der Waals surface area contributed by atoms with Crippen molar-refractivity contribution in [2.45, 2.75) is 26.2 Å². The van der Waals surface area contributed by atoms with Crippen molar-refractivity contribution in [1.82, 2.24) is 0 Å². The Morgan fingerprint density at radius 1 is 0.480 bits per heavy atom. The van der Waals surface area contributed by atoms with Gasteiger partial charge < -0.3 is 15.3 Å². The molecule has 0 unspecified atom stereocenters. The normalized spacial score (nSPS) is 9.96. The van der Waals surface area contributed by atoms with E-state index in [1.165, 1.54) is 16.7 Å². The Balaban J connectivity index is 0.000000212. The average molecular weight is 336 g/mol. The van der Waals surface area contributed by atoms with Crippen molar-refractivity contribution < 1.29 is 15.3 Å². The molecule has 0 aromatic heterocycles. The molecule has 0 fully saturated rings. The number of phenolic OH excluding ortho intramolecular Hbond substituents is 3. The maximum Gasteiger partial charge on any atom is 0.115 e. The fourth-order valence-electron chi connectivity index (χ4n) is 2.35.